The summed E-state index contributed by atoms with van der Waals surface area (Å²) < 4.78 is 27.4. The third-order valence-electron chi connectivity index (χ3n) is 2.09. The summed E-state index contributed by atoms with van der Waals surface area (Å²) in [5.41, 5.74) is 0. The van der Waals surface area contributed by atoms with Crippen LogP contribution in [-0.4, -0.2) is 37.3 Å². The van der Waals surface area contributed by atoms with E-state index in [1.165, 1.54) is 17.1 Å². The maximum absolute atomic E-state index is 11.7. The smallest absolute Gasteiger partial charge is 0.244 e. The van der Waals surface area contributed by atoms with Crippen molar-refractivity contribution in [3.05, 3.63) is 12.4 Å². The first-order valence-corrected chi connectivity index (χ1v) is 5.78. The van der Waals surface area contributed by atoms with Crippen LogP contribution < -0.4 is 10.0 Å². The van der Waals surface area contributed by atoms with Gasteiger partial charge in [0.15, 0.2) is 0 Å². The van der Waals surface area contributed by atoms with Crippen molar-refractivity contribution in [1.82, 2.24) is 19.8 Å². The highest BCUT2D eigenvalue weighted by atomic mass is 35.5. The molecule has 0 saturated carbocycles. The lowest BCUT2D eigenvalue weighted by atomic mass is 10.2. The summed E-state index contributed by atoms with van der Waals surface area (Å²) in [6.45, 7) is 1.39. The third kappa shape index (κ3) is 2.69. The molecule has 0 bridgehead atoms. The first-order valence-electron chi connectivity index (χ1n) is 4.29. The summed E-state index contributed by atoms with van der Waals surface area (Å²) in [6, 6.07) is 0.0141. The van der Waals surface area contributed by atoms with Crippen LogP contribution in [0.15, 0.2) is 17.3 Å². The molecule has 0 radical (unpaired) electrons. The highest BCUT2D eigenvalue weighted by molar-refractivity contribution is 7.89. The number of hydrogen-bond acceptors (Lipinski definition) is 4. The van der Waals surface area contributed by atoms with Crippen molar-refractivity contribution in [2.75, 3.05) is 13.1 Å². The largest absolute Gasteiger partial charge is 0.313 e. The molecule has 2 rings (SSSR count). The van der Waals surface area contributed by atoms with E-state index in [4.69, 9.17) is 0 Å². The molecule has 86 valence electrons. The summed E-state index contributed by atoms with van der Waals surface area (Å²) in [6.07, 6.45) is 2.82. The van der Waals surface area contributed by atoms with Crippen molar-refractivity contribution in [3.8, 4) is 0 Å². The Labute approximate surface area is 94.5 Å². The van der Waals surface area contributed by atoms with Gasteiger partial charge in [0.25, 0.3) is 0 Å². The molecule has 0 spiro atoms. The lowest BCUT2D eigenvalue weighted by Crippen LogP contribution is -2.56. The van der Waals surface area contributed by atoms with Gasteiger partial charge in [-0.2, -0.15) is 5.10 Å². The Kier molecular flexibility index (Phi) is 3.72. The molecular weight excluding hydrogens is 240 g/mol. The van der Waals surface area contributed by atoms with E-state index >= 15 is 0 Å². The minimum atomic E-state index is -3.37. The van der Waals surface area contributed by atoms with E-state index < -0.39 is 10.0 Å². The van der Waals surface area contributed by atoms with E-state index in [2.05, 4.69) is 15.1 Å². The van der Waals surface area contributed by atoms with Crippen LogP contribution in [0.1, 0.15) is 0 Å². The second-order valence-electron chi connectivity index (χ2n) is 3.33. The molecule has 1 fully saturated rings. The van der Waals surface area contributed by atoms with Gasteiger partial charge in [-0.05, 0) is 0 Å². The zero-order valence-electron chi connectivity index (χ0n) is 8.17. The van der Waals surface area contributed by atoms with Crippen LogP contribution >= 0.6 is 12.4 Å². The van der Waals surface area contributed by atoms with E-state index in [0.717, 1.165) is 0 Å². The molecule has 6 nitrogen and oxygen atoms in total. The van der Waals surface area contributed by atoms with E-state index in [1.54, 1.807) is 7.05 Å². The Morgan fingerprint density at radius 1 is 1.60 bits per heavy atom. The number of sulfonamides is 1. The molecule has 0 atom stereocenters. The van der Waals surface area contributed by atoms with E-state index in [9.17, 15) is 8.42 Å². The van der Waals surface area contributed by atoms with E-state index in [0.29, 0.717) is 13.1 Å². The van der Waals surface area contributed by atoms with Crippen LogP contribution in [-0.2, 0) is 17.1 Å². The summed E-state index contributed by atoms with van der Waals surface area (Å²) in [4.78, 5) is 0.215. The summed E-state index contributed by atoms with van der Waals surface area (Å²) in [7, 11) is -1.69. The molecule has 0 aromatic carbocycles. The maximum atomic E-state index is 11.7. The van der Waals surface area contributed by atoms with E-state index in [1.807, 2.05) is 0 Å². The first kappa shape index (κ1) is 12.4. The average Bonchev–Trinajstić information content (AvgIpc) is 2.45. The van der Waals surface area contributed by atoms with Gasteiger partial charge in [-0.3, -0.25) is 4.68 Å². The van der Waals surface area contributed by atoms with Gasteiger partial charge in [-0.15, -0.1) is 12.4 Å². The van der Waals surface area contributed by atoms with Crippen molar-refractivity contribution >= 4 is 22.4 Å². The van der Waals surface area contributed by atoms with Crippen molar-refractivity contribution < 1.29 is 8.42 Å². The zero-order chi connectivity index (χ0) is 10.2. The molecule has 0 amide bonds. The summed E-state index contributed by atoms with van der Waals surface area (Å²) in [5, 5.41) is 6.81. The molecule has 1 aliphatic rings. The number of aromatic nitrogens is 2. The molecule has 0 unspecified atom stereocenters. The molecule has 1 aromatic rings. The molecule has 8 heteroatoms. The standard InChI is InChI=1S/C7H12N4O2S.ClH/c1-11-5-7(4-9-11)14(12,13)10-6-2-8-3-6;/h4-6,8,10H,2-3H2,1H3;1H. The van der Waals surface area contributed by atoms with Crippen LogP contribution in [0, 0.1) is 0 Å². The predicted molar refractivity (Wildman–Crippen MR) is 57.4 cm³/mol. The minimum Gasteiger partial charge on any atom is -0.313 e. The molecular formula is C7H13ClN4O2S. The van der Waals surface area contributed by atoms with Crippen LogP contribution in [0.5, 0.6) is 0 Å². The number of halogens is 1. The highest BCUT2D eigenvalue weighted by Gasteiger charge is 2.24. The van der Waals surface area contributed by atoms with Gasteiger partial charge >= 0.3 is 0 Å². The molecule has 1 aliphatic heterocycles. The number of nitrogens with zero attached hydrogens (tertiary/aromatic N) is 2. The lowest BCUT2D eigenvalue weighted by molar-refractivity contribution is 0.410. The summed E-state index contributed by atoms with van der Waals surface area (Å²) in [5.74, 6) is 0. The minimum absolute atomic E-state index is 0. The molecule has 15 heavy (non-hydrogen) atoms. The van der Waals surface area contributed by atoms with Gasteiger partial charge < -0.3 is 5.32 Å². The second-order valence-corrected chi connectivity index (χ2v) is 5.04. The van der Waals surface area contributed by atoms with Crippen molar-refractivity contribution in [2.24, 2.45) is 7.05 Å². The second kappa shape index (κ2) is 4.48. The Hall–Kier alpha value is -0.630. The summed E-state index contributed by atoms with van der Waals surface area (Å²) >= 11 is 0. The van der Waals surface area contributed by atoms with Crippen LogP contribution in [0.2, 0.25) is 0 Å². The number of aryl methyl sites for hydroxylation is 1. The van der Waals surface area contributed by atoms with Crippen LogP contribution in [0.4, 0.5) is 0 Å². The maximum Gasteiger partial charge on any atom is 0.244 e. The normalized spacial score (nSPS) is 16.9. The molecule has 0 aliphatic carbocycles. The molecule has 2 N–H and O–H groups in total. The Balaban J connectivity index is 0.00000112. The fraction of sp³-hybridized carbons (Fsp3) is 0.571. The van der Waals surface area contributed by atoms with Gasteiger partial charge in [0.1, 0.15) is 4.90 Å². The van der Waals surface area contributed by atoms with Gasteiger partial charge in [-0.1, -0.05) is 0 Å². The topological polar surface area (TPSA) is 76.0 Å². The Bertz CT molecular complexity index is 426. The molecule has 1 aromatic heterocycles. The SMILES string of the molecule is Cl.Cn1cc(S(=O)(=O)NC2CNC2)cn1. The Morgan fingerprint density at radius 3 is 2.67 bits per heavy atom. The molecule has 2 heterocycles. The lowest BCUT2D eigenvalue weighted by Gasteiger charge is -2.27. The van der Waals surface area contributed by atoms with Gasteiger partial charge in [0.05, 0.1) is 6.20 Å². The third-order valence-corrected chi connectivity index (χ3v) is 3.57. The van der Waals surface area contributed by atoms with E-state index in [-0.39, 0.29) is 23.3 Å². The fourth-order valence-corrected chi connectivity index (χ4v) is 2.42. The number of nitrogens with one attached hydrogen (secondary N) is 2. The van der Waals surface area contributed by atoms with Crippen LogP contribution in [0.3, 0.4) is 0 Å². The fourth-order valence-electron chi connectivity index (χ4n) is 1.20. The van der Waals surface area contributed by atoms with Gasteiger partial charge in [0, 0.05) is 32.4 Å². The Morgan fingerprint density at radius 2 is 2.27 bits per heavy atom. The highest BCUT2D eigenvalue weighted by Crippen LogP contribution is 2.07. The first-order chi connectivity index (χ1) is 6.58. The van der Waals surface area contributed by atoms with Gasteiger partial charge in [-0.25, -0.2) is 13.1 Å². The monoisotopic (exact) mass is 252 g/mol. The van der Waals surface area contributed by atoms with Crippen molar-refractivity contribution in [2.45, 2.75) is 10.9 Å². The number of rotatable bonds is 3. The zero-order valence-corrected chi connectivity index (χ0v) is 9.81. The predicted octanol–water partition coefficient (Wildman–Crippen LogP) is -0.908. The number of hydrogen-bond donors (Lipinski definition) is 2. The van der Waals surface area contributed by atoms with Gasteiger partial charge in [0.2, 0.25) is 10.0 Å². The molecule has 1 saturated heterocycles. The van der Waals surface area contributed by atoms with Crippen LogP contribution in [0.25, 0.3) is 0 Å². The van der Waals surface area contributed by atoms with Crippen molar-refractivity contribution in [3.63, 3.8) is 0 Å². The average molecular weight is 253 g/mol. The van der Waals surface area contributed by atoms with Crippen molar-refractivity contribution in [1.29, 1.82) is 0 Å². The quantitative estimate of drug-likeness (QED) is 0.731.